The Hall–Kier alpha value is -1.58. The molecule has 0 aromatic carbocycles. The van der Waals surface area contributed by atoms with Gasteiger partial charge < -0.3 is 15.1 Å². The maximum atomic E-state index is 13.0. The van der Waals surface area contributed by atoms with Gasteiger partial charge in [-0.3, -0.25) is 19.7 Å². The van der Waals surface area contributed by atoms with Gasteiger partial charge in [-0.15, -0.1) is 23.1 Å². The largest absolute Gasteiger partial charge is 0.480 e. The molecule has 1 aliphatic heterocycles. The molecule has 1 aliphatic rings. The van der Waals surface area contributed by atoms with E-state index in [1.54, 1.807) is 23.1 Å². The second kappa shape index (κ2) is 13.0. The van der Waals surface area contributed by atoms with Gasteiger partial charge in [0.2, 0.25) is 5.91 Å². The van der Waals surface area contributed by atoms with Gasteiger partial charge in [0.25, 0.3) is 0 Å². The minimum atomic E-state index is -1.07. The minimum Gasteiger partial charge on any atom is -0.480 e. The first-order valence-electron chi connectivity index (χ1n) is 10.6. The van der Waals surface area contributed by atoms with E-state index >= 15 is 0 Å². The number of carbonyl (C=O) groups is 3. The number of carboxylic acids is 2. The number of carbonyl (C=O) groups excluding carboxylic acids is 1. The number of nitrogens with one attached hydrogen (secondary N) is 1. The van der Waals surface area contributed by atoms with Crippen molar-refractivity contribution in [2.45, 2.75) is 69.2 Å². The van der Waals surface area contributed by atoms with Crippen molar-refractivity contribution in [3.05, 3.63) is 22.4 Å². The Morgan fingerprint density at radius 1 is 1.23 bits per heavy atom. The predicted molar refractivity (Wildman–Crippen MR) is 120 cm³/mol. The van der Waals surface area contributed by atoms with E-state index in [1.165, 1.54) is 17.7 Å². The van der Waals surface area contributed by atoms with E-state index in [2.05, 4.69) is 12.2 Å². The van der Waals surface area contributed by atoms with Gasteiger partial charge in [-0.2, -0.15) is 0 Å². The number of rotatable bonds is 13. The molecule has 0 saturated carbocycles. The van der Waals surface area contributed by atoms with Crippen LogP contribution in [0.1, 0.15) is 62.0 Å². The number of hydrogen-bond acceptors (Lipinski definition) is 6. The summed E-state index contributed by atoms with van der Waals surface area (Å²) in [6, 6.07) is 2.40. The maximum Gasteiger partial charge on any atom is 0.323 e. The topological polar surface area (TPSA) is 107 Å². The lowest BCUT2D eigenvalue weighted by molar-refractivity contribution is -0.146. The van der Waals surface area contributed by atoms with Crippen LogP contribution in [0, 0.1) is 0 Å². The molecular weight excluding hydrogens is 424 g/mol. The van der Waals surface area contributed by atoms with E-state index in [1.807, 2.05) is 17.5 Å². The fraction of sp³-hybridized carbons (Fsp3) is 0.667. The van der Waals surface area contributed by atoms with E-state index in [0.29, 0.717) is 18.7 Å². The van der Waals surface area contributed by atoms with E-state index in [4.69, 9.17) is 0 Å². The number of aliphatic carboxylic acids is 2. The zero-order valence-corrected chi connectivity index (χ0v) is 19.1. The molecule has 1 aromatic heterocycles. The quantitative estimate of drug-likeness (QED) is 0.389. The second-order valence-corrected chi connectivity index (χ2v) is 9.83. The summed E-state index contributed by atoms with van der Waals surface area (Å²) in [4.78, 5) is 38.5. The van der Waals surface area contributed by atoms with Crippen LogP contribution < -0.4 is 5.32 Å². The van der Waals surface area contributed by atoms with Crippen LogP contribution in [0.2, 0.25) is 0 Å². The molecule has 1 saturated heterocycles. The van der Waals surface area contributed by atoms with Crippen molar-refractivity contribution < 1.29 is 24.6 Å². The number of carboxylic acid groups (broad SMARTS) is 2. The molecule has 0 aliphatic carbocycles. The Balaban J connectivity index is 2.00. The van der Waals surface area contributed by atoms with Crippen molar-refractivity contribution in [2.24, 2.45) is 0 Å². The number of thiophene rings is 1. The molecule has 7 nitrogen and oxygen atoms in total. The highest BCUT2D eigenvalue weighted by Crippen LogP contribution is 2.35. The standard InChI is InChI=1S/C21H32N2O5S2/c1-2-3-4-5-6-7-9-15(21(27)28)22-16-14-30-18(17-10-8-11-29-17)12-23(20(16)26)13-19(24)25/h8,10-11,15-16,18,22H,2-7,9,12-14H2,1H3,(H,24,25)(H,27,28). The van der Waals surface area contributed by atoms with Crippen molar-refractivity contribution >= 4 is 40.9 Å². The molecule has 1 fully saturated rings. The number of unbranched alkanes of at least 4 members (excludes halogenated alkanes) is 5. The van der Waals surface area contributed by atoms with E-state index in [0.717, 1.165) is 30.6 Å². The SMILES string of the molecule is CCCCCCCCC(NC1CSC(c2cccs2)CN(CC(=O)O)C1=O)C(=O)O. The lowest BCUT2D eigenvalue weighted by Gasteiger charge is -2.26. The number of nitrogens with zero attached hydrogens (tertiary/aromatic N) is 1. The number of amides is 1. The summed E-state index contributed by atoms with van der Waals surface area (Å²) in [5.41, 5.74) is 0. The average molecular weight is 457 g/mol. The summed E-state index contributed by atoms with van der Waals surface area (Å²) in [5, 5.41) is 23.8. The summed E-state index contributed by atoms with van der Waals surface area (Å²) in [6.45, 7) is 2.08. The molecule has 2 heterocycles. The van der Waals surface area contributed by atoms with Gasteiger partial charge in [0.05, 0.1) is 11.3 Å². The Morgan fingerprint density at radius 2 is 1.97 bits per heavy atom. The summed E-state index contributed by atoms with van der Waals surface area (Å²) in [5.74, 6) is -1.96. The van der Waals surface area contributed by atoms with E-state index in [9.17, 15) is 24.6 Å². The molecule has 2 rings (SSSR count). The van der Waals surface area contributed by atoms with Gasteiger partial charge in [-0.1, -0.05) is 51.5 Å². The molecule has 1 aromatic rings. The van der Waals surface area contributed by atoms with E-state index < -0.39 is 24.0 Å². The van der Waals surface area contributed by atoms with Gasteiger partial charge >= 0.3 is 11.9 Å². The second-order valence-electron chi connectivity index (χ2n) is 7.62. The van der Waals surface area contributed by atoms with Gasteiger partial charge in [0.15, 0.2) is 0 Å². The Morgan fingerprint density at radius 3 is 2.60 bits per heavy atom. The first-order chi connectivity index (χ1) is 14.4. The molecule has 0 radical (unpaired) electrons. The Bertz CT molecular complexity index is 683. The zero-order valence-electron chi connectivity index (χ0n) is 17.4. The van der Waals surface area contributed by atoms with Crippen molar-refractivity contribution in [1.29, 1.82) is 0 Å². The number of hydrogen-bond donors (Lipinski definition) is 3. The molecule has 3 atom stereocenters. The van der Waals surface area contributed by atoms with Crippen LogP contribution in [0.4, 0.5) is 0 Å². The first-order valence-corrected chi connectivity index (χ1v) is 12.5. The van der Waals surface area contributed by atoms with Crippen LogP contribution in [0.25, 0.3) is 0 Å². The summed E-state index contributed by atoms with van der Waals surface area (Å²) < 4.78 is 0. The lowest BCUT2D eigenvalue weighted by atomic mass is 10.0. The fourth-order valence-electron chi connectivity index (χ4n) is 3.57. The van der Waals surface area contributed by atoms with Crippen LogP contribution in [-0.2, 0) is 14.4 Å². The van der Waals surface area contributed by atoms with Gasteiger partial charge in [0.1, 0.15) is 12.6 Å². The highest BCUT2D eigenvalue weighted by Gasteiger charge is 2.35. The van der Waals surface area contributed by atoms with Gasteiger partial charge in [-0.25, -0.2) is 0 Å². The smallest absolute Gasteiger partial charge is 0.323 e. The zero-order chi connectivity index (χ0) is 21.9. The molecule has 3 N–H and O–H groups in total. The van der Waals surface area contributed by atoms with Crippen molar-refractivity contribution in [1.82, 2.24) is 10.2 Å². The highest BCUT2D eigenvalue weighted by molar-refractivity contribution is 7.99. The molecule has 0 spiro atoms. The lowest BCUT2D eigenvalue weighted by Crippen LogP contribution is -2.53. The molecule has 9 heteroatoms. The third-order valence-corrected chi connectivity index (χ3v) is 7.66. The average Bonchev–Trinajstić information content (AvgIpc) is 3.19. The van der Waals surface area contributed by atoms with Gasteiger partial charge in [-0.05, 0) is 17.9 Å². The van der Waals surface area contributed by atoms with Crippen LogP contribution in [-0.4, -0.2) is 63.9 Å². The normalized spacial score (nSPS) is 20.7. The van der Waals surface area contributed by atoms with E-state index in [-0.39, 0.29) is 17.7 Å². The summed E-state index contributed by atoms with van der Waals surface area (Å²) in [7, 11) is 0. The Labute approximate surface area is 186 Å². The molecule has 0 bridgehead atoms. The third kappa shape index (κ3) is 7.92. The van der Waals surface area contributed by atoms with Crippen molar-refractivity contribution in [3.63, 3.8) is 0 Å². The maximum absolute atomic E-state index is 13.0. The van der Waals surface area contributed by atoms with Crippen molar-refractivity contribution in [2.75, 3.05) is 18.8 Å². The first kappa shape index (κ1) is 24.7. The van der Waals surface area contributed by atoms with Crippen LogP contribution in [0.15, 0.2) is 17.5 Å². The molecule has 3 unspecified atom stereocenters. The summed E-state index contributed by atoms with van der Waals surface area (Å²) in [6.07, 6.45) is 6.84. The molecule has 30 heavy (non-hydrogen) atoms. The minimum absolute atomic E-state index is 0.0121. The third-order valence-electron chi connectivity index (χ3n) is 5.19. The molecule has 1 amide bonds. The fourth-order valence-corrected chi connectivity index (χ4v) is 5.83. The van der Waals surface area contributed by atoms with Crippen molar-refractivity contribution in [3.8, 4) is 0 Å². The Kier molecular flexibility index (Phi) is 10.7. The van der Waals surface area contributed by atoms with Gasteiger partial charge in [0, 0.05) is 17.2 Å². The number of thioether (sulfide) groups is 1. The van der Waals surface area contributed by atoms with Crippen LogP contribution in [0.5, 0.6) is 0 Å². The molecule has 168 valence electrons. The monoisotopic (exact) mass is 456 g/mol. The van der Waals surface area contributed by atoms with Crippen LogP contribution in [0.3, 0.4) is 0 Å². The van der Waals surface area contributed by atoms with Crippen LogP contribution >= 0.6 is 23.1 Å². The molecular formula is C21H32N2O5S2. The summed E-state index contributed by atoms with van der Waals surface area (Å²) >= 11 is 3.15. The predicted octanol–water partition coefficient (Wildman–Crippen LogP) is 3.61. The highest BCUT2D eigenvalue weighted by atomic mass is 32.2.